The highest BCUT2D eigenvalue weighted by molar-refractivity contribution is 6.02. The van der Waals surface area contributed by atoms with E-state index in [-0.39, 0.29) is 24.0 Å². The lowest BCUT2D eigenvalue weighted by molar-refractivity contribution is -0.145. The average Bonchev–Trinajstić information content (AvgIpc) is 3.79. The van der Waals surface area contributed by atoms with Crippen LogP contribution in [-0.4, -0.2) is 79.5 Å². The molecule has 3 heterocycles. The first kappa shape index (κ1) is 22.9. The number of hydrogen-bond acceptors (Lipinski definition) is 6. The maximum Gasteiger partial charge on any atom is 0.231 e. The van der Waals surface area contributed by atoms with Crippen LogP contribution in [0, 0.1) is 18.3 Å². The van der Waals surface area contributed by atoms with E-state index >= 15 is 0 Å². The molecule has 3 fully saturated rings. The standard InChI is InChI=1S/C29H33N5O3/c1-18-11-20(21-4-6-24-22(12-21)13-30-32(24)2)3-5-23(18)25-31-29(9-10-29)27(37)34(25)16-19-14-33(15-19)26(36)28(17-35)7-8-28/h3-6,11-13,19,27,35,37H,7-10,14-17H2,1-2H3. The van der Waals surface area contributed by atoms with Gasteiger partial charge in [-0.15, -0.1) is 0 Å². The third-order valence-corrected chi connectivity index (χ3v) is 8.99. The Kier molecular flexibility index (Phi) is 4.89. The maximum absolute atomic E-state index is 12.7. The van der Waals surface area contributed by atoms with E-state index in [1.165, 1.54) is 0 Å². The van der Waals surface area contributed by atoms with Gasteiger partial charge >= 0.3 is 0 Å². The fraction of sp³-hybridized carbons (Fsp3) is 0.483. The van der Waals surface area contributed by atoms with Crippen molar-refractivity contribution in [2.24, 2.45) is 23.4 Å². The Morgan fingerprint density at radius 3 is 2.49 bits per heavy atom. The number of benzene rings is 2. The van der Waals surface area contributed by atoms with E-state index in [1.807, 2.05) is 22.8 Å². The van der Waals surface area contributed by atoms with Gasteiger partial charge in [0, 0.05) is 43.5 Å². The van der Waals surface area contributed by atoms with Crippen molar-refractivity contribution in [2.45, 2.75) is 44.4 Å². The van der Waals surface area contributed by atoms with Gasteiger partial charge in [0.1, 0.15) is 11.4 Å². The summed E-state index contributed by atoms with van der Waals surface area (Å²) < 4.78 is 1.88. The van der Waals surface area contributed by atoms with Crippen molar-refractivity contribution in [1.82, 2.24) is 19.6 Å². The van der Waals surface area contributed by atoms with Crippen LogP contribution in [0.15, 0.2) is 47.6 Å². The summed E-state index contributed by atoms with van der Waals surface area (Å²) in [5, 5.41) is 26.3. The third-order valence-electron chi connectivity index (χ3n) is 8.99. The van der Waals surface area contributed by atoms with Crippen molar-refractivity contribution in [2.75, 3.05) is 26.2 Å². The number of rotatable bonds is 6. The molecule has 2 N–H and O–H groups in total. The Balaban J connectivity index is 1.11. The lowest BCUT2D eigenvalue weighted by atomic mass is 9.94. The Labute approximate surface area is 216 Å². The van der Waals surface area contributed by atoms with Crippen LogP contribution >= 0.6 is 0 Å². The second-order valence-corrected chi connectivity index (χ2v) is 11.7. The van der Waals surface area contributed by atoms with Crippen LogP contribution in [0.4, 0.5) is 0 Å². The molecule has 7 rings (SSSR count). The number of aliphatic hydroxyl groups excluding tert-OH is 2. The normalized spacial score (nSPS) is 23.5. The molecule has 2 aromatic carbocycles. The number of fused-ring (bicyclic) bond motifs is 1. The molecule has 192 valence electrons. The summed E-state index contributed by atoms with van der Waals surface area (Å²) in [7, 11) is 1.95. The number of aryl methyl sites for hydroxylation is 2. The van der Waals surface area contributed by atoms with Gasteiger partial charge in [0.25, 0.3) is 0 Å². The number of aromatic nitrogens is 2. The first-order chi connectivity index (χ1) is 17.8. The molecule has 1 spiro atoms. The van der Waals surface area contributed by atoms with E-state index in [9.17, 15) is 15.0 Å². The lowest BCUT2D eigenvalue weighted by Gasteiger charge is -2.43. The second kappa shape index (κ2) is 7.88. The Morgan fingerprint density at radius 1 is 1.08 bits per heavy atom. The summed E-state index contributed by atoms with van der Waals surface area (Å²) in [6.45, 7) is 4.09. The lowest BCUT2D eigenvalue weighted by Crippen LogP contribution is -2.57. The minimum Gasteiger partial charge on any atom is -0.395 e. The highest BCUT2D eigenvalue weighted by Crippen LogP contribution is 2.50. The molecular weight excluding hydrogens is 466 g/mol. The monoisotopic (exact) mass is 499 g/mol. The van der Waals surface area contributed by atoms with Crippen LogP contribution in [-0.2, 0) is 11.8 Å². The van der Waals surface area contributed by atoms with Crippen molar-refractivity contribution in [3.63, 3.8) is 0 Å². The van der Waals surface area contributed by atoms with Gasteiger partial charge in [0.05, 0.1) is 23.7 Å². The SMILES string of the molecule is Cc1cc(-c2ccc3c(cnn3C)c2)ccc1C1=NC2(CC2)C(O)N1CC1CN(C(=O)C2(CO)CC2)C1. The largest absolute Gasteiger partial charge is 0.395 e. The van der Waals surface area contributed by atoms with E-state index in [1.54, 1.807) is 0 Å². The zero-order valence-corrected chi connectivity index (χ0v) is 21.4. The zero-order chi connectivity index (χ0) is 25.5. The van der Waals surface area contributed by atoms with Crippen LogP contribution in [0.5, 0.6) is 0 Å². The fourth-order valence-electron chi connectivity index (χ4n) is 6.13. The number of amidine groups is 1. The highest BCUT2D eigenvalue weighted by Gasteiger charge is 2.58. The summed E-state index contributed by atoms with van der Waals surface area (Å²) in [6, 6.07) is 12.9. The van der Waals surface area contributed by atoms with E-state index in [2.05, 4.69) is 53.3 Å². The van der Waals surface area contributed by atoms with Gasteiger partial charge in [-0.3, -0.25) is 14.5 Å². The predicted octanol–water partition coefficient (Wildman–Crippen LogP) is 2.69. The van der Waals surface area contributed by atoms with Gasteiger partial charge in [-0.05, 0) is 61.4 Å². The molecule has 2 saturated carbocycles. The molecule has 4 aliphatic rings. The summed E-state index contributed by atoms with van der Waals surface area (Å²) >= 11 is 0. The Hall–Kier alpha value is -3.23. The highest BCUT2D eigenvalue weighted by atomic mass is 16.3. The molecule has 1 atom stereocenters. The van der Waals surface area contributed by atoms with Crippen molar-refractivity contribution in [3.05, 3.63) is 53.7 Å². The van der Waals surface area contributed by atoms with Gasteiger partial charge in [-0.25, -0.2) is 0 Å². The number of aliphatic imine (C=N–C) groups is 1. The molecule has 1 amide bonds. The Bertz CT molecular complexity index is 1440. The number of hydrogen-bond donors (Lipinski definition) is 2. The quantitative estimate of drug-likeness (QED) is 0.544. The first-order valence-electron chi connectivity index (χ1n) is 13.3. The molecule has 1 saturated heterocycles. The smallest absolute Gasteiger partial charge is 0.231 e. The zero-order valence-electron chi connectivity index (χ0n) is 21.4. The molecule has 8 nitrogen and oxygen atoms in total. The van der Waals surface area contributed by atoms with Crippen molar-refractivity contribution in [3.8, 4) is 11.1 Å². The van der Waals surface area contributed by atoms with E-state index in [4.69, 9.17) is 4.99 Å². The van der Waals surface area contributed by atoms with Gasteiger partial charge in [0.15, 0.2) is 6.23 Å². The van der Waals surface area contributed by atoms with Crippen molar-refractivity contribution >= 4 is 22.6 Å². The summed E-state index contributed by atoms with van der Waals surface area (Å²) in [5.41, 5.74) is 4.69. The number of likely N-dealkylation sites (tertiary alicyclic amines) is 1. The minimum absolute atomic E-state index is 0.0530. The molecule has 2 aliphatic heterocycles. The maximum atomic E-state index is 12.7. The molecule has 2 aliphatic carbocycles. The number of carbonyl (C=O) groups is 1. The molecule has 0 bridgehead atoms. The molecular formula is C29H33N5O3. The van der Waals surface area contributed by atoms with Crippen molar-refractivity contribution < 1.29 is 15.0 Å². The van der Waals surface area contributed by atoms with E-state index in [0.717, 1.165) is 64.7 Å². The van der Waals surface area contributed by atoms with Gasteiger partial charge in [-0.2, -0.15) is 5.10 Å². The molecule has 1 aromatic heterocycles. The average molecular weight is 500 g/mol. The van der Waals surface area contributed by atoms with Crippen LogP contribution < -0.4 is 0 Å². The number of aliphatic hydroxyl groups is 2. The van der Waals surface area contributed by atoms with Crippen LogP contribution in [0.1, 0.15) is 36.8 Å². The van der Waals surface area contributed by atoms with E-state index in [0.29, 0.717) is 19.6 Å². The fourth-order valence-corrected chi connectivity index (χ4v) is 6.13. The molecule has 37 heavy (non-hydrogen) atoms. The number of carbonyl (C=O) groups excluding carboxylic acids is 1. The van der Waals surface area contributed by atoms with Crippen molar-refractivity contribution in [1.29, 1.82) is 0 Å². The van der Waals surface area contributed by atoms with Crippen LogP contribution in [0.3, 0.4) is 0 Å². The summed E-state index contributed by atoms with van der Waals surface area (Å²) in [6.07, 6.45) is 4.67. The van der Waals surface area contributed by atoms with Gasteiger partial charge in [0.2, 0.25) is 5.91 Å². The van der Waals surface area contributed by atoms with Crippen LogP contribution in [0.2, 0.25) is 0 Å². The summed E-state index contributed by atoms with van der Waals surface area (Å²) in [5.74, 6) is 1.25. The molecule has 3 aromatic rings. The third kappa shape index (κ3) is 3.53. The predicted molar refractivity (Wildman–Crippen MR) is 141 cm³/mol. The number of amides is 1. The van der Waals surface area contributed by atoms with Crippen LogP contribution in [0.25, 0.3) is 22.0 Å². The van der Waals surface area contributed by atoms with Gasteiger partial charge < -0.3 is 20.0 Å². The van der Waals surface area contributed by atoms with E-state index < -0.39 is 11.6 Å². The van der Waals surface area contributed by atoms with Gasteiger partial charge in [-0.1, -0.05) is 24.3 Å². The minimum atomic E-state index is -0.619. The number of nitrogens with zero attached hydrogens (tertiary/aromatic N) is 5. The summed E-state index contributed by atoms with van der Waals surface area (Å²) in [4.78, 5) is 21.7. The molecule has 8 heteroatoms. The Morgan fingerprint density at radius 2 is 1.81 bits per heavy atom. The molecule has 1 unspecified atom stereocenters. The topological polar surface area (TPSA) is 94.2 Å². The first-order valence-corrected chi connectivity index (χ1v) is 13.3. The second-order valence-electron chi connectivity index (χ2n) is 11.7. The molecule has 0 radical (unpaired) electrons.